The molecule has 5 nitrogen and oxygen atoms in total. The quantitative estimate of drug-likeness (QED) is 0.723. The highest BCUT2D eigenvalue weighted by Gasteiger charge is 2.28. The average molecular weight is 353 g/mol. The Morgan fingerprint density at radius 1 is 1.29 bits per heavy atom. The van der Waals surface area contributed by atoms with Crippen LogP contribution in [0.4, 0.5) is 0 Å². The van der Waals surface area contributed by atoms with E-state index in [0.29, 0.717) is 18.0 Å². The maximum absolute atomic E-state index is 12.8. The molecule has 2 rings (SSSR count). The molecule has 24 heavy (non-hydrogen) atoms. The fourth-order valence-electron chi connectivity index (χ4n) is 2.57. The minimum Gasteiger partial charge on any atom is -0.338 e. The van der Waals surface area contributed by atoms with E-state index in [1.165, 1.54) is 23.2 Å². The molecule has 0 N–H and O–H groups in total. The molecular weight excluding hydrogens is 324 g/mol. The van der Waals surface area contributed by atoms with Gasteiger partial charge in [0.1, 0.15) is 0 Å². The number of carbonyl (C=O) groups is 1. The zero-order valence-electron chi connectivity index (χ0n) is 15.0. The second kappa shape index (κ2) is 7.66. The lowest BCUT2D eigenvalue weighted by molar-refractivity contribution is 0.0747. The molecule has 6 heteroatoms. The molecule has 1 saturated carbocycles. The van der Waals surface area contributed by atoms with Gasteiger partial charge >= 0.3 is 0 Å². The van der Waals surface area contributed by atoms with Gasteiger partial charge in [-0.3, -0.25) is 4.79 Å². The largest absolute Gasteiger partial charge is 0.338 e. The zero-order chi connectivity index (χ0) is 17.9. The lowest BCUT2D eigenvalue weighted by Gasteiger charge is -2.23. The summed E-state index contributed by atoms with van der Waals surface area (Å²) in [5.41, 5.74) is 0.447. The van der Waals surface area contributed by atoms with Crippen LogP contribution in [-0.2, 0) is 10.0 Å². The molecule has 1 aromatic carbocycles. The molecule has 1 aliphatic rings. The third kappa shape index (κ3) is 4.36. The van der Waals surface area contributed by atoms with Gasteiger partial charge in [0.05, 0.1) is 4.90 Å². The number of rotatable bonds is 8. The van der Waals surface area contributed by atoms with Gasteiger partial charge in [-0.05, 0) is 57.2 Å². The van der Waals surface area contributed by atoms with Crippen molar-refractivity contribution in [1.82, 2.24) is 9.21 Å². The van der Waals surface area contributed by atoms with Gasteiger partial charge in [0, 0.05) is 31.7 Å². The average Bonchev–Trinajstić information content (AvgIpc) is 3.37. The van der Waals surface area contributed by atoms with Gasteiger partial charge in [-0.25, -0.2) is 8.42 Å². The lowest BCUT2D eigenvalue weighted by Crippen LogP contribution is -2.35. The number of amides is 1. The van der Waals surface area contributed by atoms with Crippen molar-refractivity contribution in [3.8, 4) is 0 Å². The number of hydrogen-bond acceptors (Lipinski definition) is 3. The van der Waals surface area contributed by atoms with Crippen LogP contribution >= 0.6 is 0 Å². The SMILES string of the molecule is CCCN(CC1CC1)C(=O)c1cccc(S(=O)(=O)N(C)C(C)C)c1. The predicted molar refractivity (Wildman–Crippen MR) is 95.4 cm³/mol. The van der Waals surface area contributed by atoms with Crippen LogP contribution in [0.15, 0.2) is 29.2 Å². The topological polar surface area (TPSA) is 57.7 Å². The summed E-state index contributed by atoms with van der Waals surface area (Å²) >= 11 is 0. The molecule has 1 aliphatic carbocycles. The summed E-state index contributed by atoms with van der Waals surface area (Å²) in [5.74, 6) is 0.535. The van der Waals surface area contributed by atoms with Gasteiger partial charge in [-0.1, -0.05) is 13.0 Å². The van der Waals surface area contributed by atoms with Crippen LogP contribution < -0.4 is 0 Å². The molecule has 0 saturated heterocycles. The molecule has 0 unspecified atom stereocenters. The van der Waals surface area contributed by atoms with Crippen molar-refractivity contribution in [1.29, 1.82) is 0 Å². The van der Waals surface area contributed by atoms with Crippen molar-refractivity contribution in [2.24, 2.45) is 5.92 Å². The maximum Gasteiger partial charge on any atom is 0.253 e. The van der Waals surface area contributed by atoms with Crippen molar-refractivity contribution in [2.45, 2.75) is 51.0 Å². The third-order valence-corrected chi connectivity index (χ3v) is 6.47. The van der Waals surface area contributed by atoms with E-state index in [1.54, 1.807) is 25.2 Å². The molecule has 1 fully saturated rings. The molecule has 0 heterocycles. The van der Waals surface area contributed by atoms with Crippen molar-refractivity contribution >= 4 is 15.9 Å². The molecule has 0 aromatic heterocycles. The summed E-state index contributed by atoms with van der Waals surface area (Å²) in [5, 5.41) is 0. The van der Waals surface area contributed by atoms with Crippen LogP contribution in [-0.4, -0.2) is 49.7 Å². The molecule has 134 valence electrons. The summed E-state index contributed by atoms with van der Waals surface area (Å²) in [6.07, 6.45) is 3.26. The van der Waals surface area contributed by atoms with Crippen LogP contribution in [0.3, 0.4) is 0 Å². The molecule has 0 atom stereocenters. The summed E-state index contributed by atoms with van der Waals surface area (Å²) < 4.78 is 26.6. The van der Waals surface area contributed by atoms with Crippen molar-refractivity contribution in [3.63, 3.8) is 0 Å². The van der Waals surface area contributed by atoms with E-state index < -0.39 is 10.0 Å². The maximum atomic E-state index is 12.8. The third-order valence-electron chi connectivity index (χ3n) is 4.44. The van der Waals surface area contributed by atoms with Gasteiger partial charge in [0.15, 0.2) is 0 Å². The van der Waals surface area contributed by atoms with Crippen molar-refractivity contribution in [2.75, 3.05) is 20.1 Å². The molecular formula is C18H28N2O3S. The number of benzene rings is 1. The first-order valence-corrected chi connectivity index (χ1v) is 10.1. The molecule has 0 spiro atoms. The van der Waals surface area contributed by atoms with E-state index in [9.17, 15) is 13.2 Å². The summed E-state index contributed by atoms with van der Waals surface area (Å²) in [7, 11) is -2.02. The zero-order valence-corrected chi connectivity index (χ0v) is 15.8. The summed E-state index contributed by atoms with van der Waals surface area (Å²) in [4.78, 5) is 14.8. The molecule has 0 radical (unpaired) electrons. The lowest BCUT2D eigenvalue weighted by atomic mass is 10.2. The number of sulfonamides is 1. The van der Waals surface area contributed by atoms with Crippen LogP contribution in [0.5, 0.6) is 0 Å². The van der Waals surface area contributed by atoms with E-state index >= 15 is 0 Å². The van der Waals surface area contributed by atoms with Crippen LogP contribution in [0.25, 0.3) is 0 Å². The second-order valence-electron chi connectivity index (χ2n) is 6.84. The highest BCUT2D eigenvalue weighted by Crippen LogP contribution is 2.30. The van der Waals surface area contributed by atoms with Gasteiger partial charge in [0.2, 0.25) is 10.0 Å². The number of carbonyl (C=O) groups excluding carboxylic acids is 1. The normalized spacial score (nSPS) is 15.1. The standard InChI is InChI=1S/C18H28N2O3S/c1-5-11-20(13-15-9-10-15)18(21)16-7-6-8-17(12-16)24(22,23)19(4)14(2)3/h6-8,12,14-15H,5,9-11,13H2,1-4H3. The Bertz CT molecular complexity index is 681. The van der Waals surface area contributed by atoms with Crippen LogP contribution in [0.2, 0.25) is 0 Å². The molecule has 0 aliphatic heterocycles. The first-order valence-electron chi connectivity index (χ1n) is 8.64. The van der Waals surface area contributed by atoms with Crippen LogP contribution in [0, 0.1) is 5.92 Å². The van der Waals surface area contributed by atoms with Crippen LogP contribution in [0.1, 0.15) is 50.4 Å². The minimum atomic E-state index is -3.58. The van der Waals surface area contributed by atoms with E-state index in [4.69, 9.17) is 0 Å². The van der Waals surface area contributed by atoms with Gasteiger partial charge in [0.25, 0.3) is 5.91 Å². The number of hydrogen-bond donors (Lipinski definition) is 0. The van der Waals surface area contributed by atoms with E-state index in [-0.39, 0.29) is 16.8 Å². The smallest absolute Gasteiger partial charge is 0.253 e. The Kier molecular flexibility index (Phi) is 6.04. The highest BCUT2D eigenvalue weighted by molar-refractivity contribution is 7.89. The second-order valence-corrected chi connectivity index (χ2v) is 8.83. The van der Waals surface area contributed by atoms with E-state index in [0.717, 1.165) is 13.0 Å². The summed E-state index contributed by atoms with van der Waals surface area (Å²) in [6, 6.07) is 6.27. The van der Waals surface area contributed by atoms with Gasteiger partial charge in [-0.15, -0.1) is 0 Å². The van der Waals surface area contributed by atoms with Gasteiger partial charge in [-0.2, -0.15) is 4.31 Å². The van der Waals surface area contributed by atoms with Crippen molar-refractivity contribution < 1.29 is 13.2 Å². The fourth-order valence-corrected chi connectivity index (χ4v) is 3.99. The highest BCUT2D eigenvalue weighted by atomic mass is 32.2. The Morgan fingerprint density at radius 3 is 2.50 bits per heavy atom. The first-order chi connectivity index (χ1) is 11.3. The Hall–Kier alpha value is -1.40. The predicted octanol–water partition coefficient (Wildman–Crippen LogP) is 2.98. The monoisotopic (exact) mass is 352 g/mol. The van der Waals surface area contributed by atoms with Crippen molar-refractivity contribution in [3.05, 3.63) is 29.8 Å². The van der Waals surface area contributed by atoms with Gasteiger partial charge < -0.3 is 4.90 Å². The molecule has 1 amide bonds. The minimum absolute atomic E-state index is 0.0759. The van der Waals surface area contributed by atoms with E-state index in [2.05, 4.69) is 0 Å². The Morgan fingerprint density at radius 2 is 1.96 bits per heavy atom. The summed E-state index contributed by atoms with van der Waals surface area (Å²) in [6.45, 7) is 7.18. The Balaban J connectivity index is 2.26. The molecule has 1 aromatic rings. The Labute approximate surface area is 145 Å². The molecule has 0 bridgehead atoms. The fraction of sp³-hybridized carbons (Fsp3) is 0.611. The first kappa shape index (κ1) is 18.9. The van der Waals surface area contributed by atoms with E-state index in [1.807, 2.05) is 25.7 Å². The number of nitrogens with zero attached hydrogens (tertiary/aromatic N) is 2.